The predicted molar refractivity (Wildman–Crippen MR) is 124 cm³/mol. The quantitative estimate of drug-likeness (QED) is 0.248. The summed E-state index contributed by atoms with van der Waals surface area (Å²) >= 11 is 0. The first-order valence-corrected chi connectivity index (χ1v) is 12.1. The number of carbonyl (C=O) groups excluding carboxylic acids is 1. The van der Waals surface area contributed by atoms with Gasteiger partial charge in [0.25, 0.3) is 11.6 Å². The first kappa shape index (κ1) is 22.9. The zero-order chi connectivity index (χ0) is 24.3. The number of nitrogens with one attached hydrogen (secondary N) is 1. The van der Waals surface area contributed by atoms with Gasteiger partial charge in [-0.05, 0) is 36.8 Å². The number of nitro benzene ring substituents is 1. The van der Waals surface area contributed by atoms with Crippen molar-refractivity contribution in [2.75, 3.05) is 11.5 Å². The Hall–Kier alpha value is -4.30. The Bertz CT molecular complexity index is 1420. The van der Waals surface area contributed by atoms with Gasteiger partial charge in [0.05, 0.1) is 22.1 Å². The average molecular weight is 478 g/mol. The lowest BCUT2D eigenvalue weighted by Gasteiger charge is -2.09. The van der Waals surface area contributed by atoms with Gasteiger partial charge in [-0.25, -0.2) is 13.1 Å². The van der Waals surface area contributed by atoms with Crippen LogP contribution in [-0.4, -0.2) is 46.6 Å². The minimum absolute atomic E-state index is 0.00230. The molecule has 0 bridgehead atoms. The van der Waals surface area contributed by atoms with Crippen molar-refractivity contribution in [2.45, 2.75) is 12.5 Å². The molecule has 1 amide bonds. The summed E-state index contributed by atoms with van der Waals surface area (Å²) < 4.78 is 24.9. The van der Waals surface area contributed by atoms with E-state index in [4.69, 9.17) is 0 Å². The largest absolute Gasteiger partial charge is 0.348 e. The molecule has 1 N–H and O–H groups in total. The Labute approximate surface area is 195 Å². The van der Waals surface area contributed by atoms with Gasteiger partial charge >= 0.3 is 0 Å². The number of non-ortho nitro benzene ring substituents is 1. The fourth-order valence-corrected chi connectivity index (χ4v) is 5.32. The van der Waals surface area contributed by atoms with Crippen LogP contribution in [0.25, 0.3) is 23.0 Å². The van der Waals surface area contributed by atoms with Crippen LogP contribution < -0.4 is 5.32 Å². The molecule has 1 fully saturated rings. The number of hydrogen-bond donors (Lipinski definition) is 1. The van der Waals surface area contributed by atoms with Crippen LogP contribution in [0.4, 0.5) is 5.69 Å². The lowest BCUT2D eigenvalue weighted by Crippen LogP contribution is -2.36. The molecule has 1 aliphatic heterocycles. The summed E-state index contributed by atoms with van der Waals surface area (Å²) in [7, 11) is -3.19. The molecule has 4 rings (SSSR count). The highest BCUT2D eigenvalue weighted by molar-refractivity contribution is 7.91. The molecular formula is C23H19N5O5S. The van der Waals surface area contributed by atoms with Crippen molar-refractivity contribution in [2.24, 2.45) is 0 Å². The third-order valence-corrected chi connectivity index (χ3v) is 7.12. The van der Waals surface area contributed by atoms with E-state index in [-0.39, 0.29) is 22.8 Å². The Balaban J connectivity index is 1.72. The standard InChI is InChI=1S/C23H19N5O5S/c24-13-17(23(29)25-19-10-11-34(32,33)15-19)12-18-14-27(20-4-2-1-3-5-20)26-22(18)16-6-8-21(9-7-16)28(30)31/h1-9,12,14,19H,10-11,15H2,(H,25,29)/b17-12+/t19-/m1/s1. The lowest BCUT2D eigenvalue weighted by molar-refractivity contribution is -0.384. The van der Waals surface area contributed by atoms with E-state index in [1.54, 1.807) is 23.0 Å². The predicted octanol–water partition coefficient (Wildman–Crippen LogP) is 2.66. The average Bonchev–Trinajstić information content (AvgIpc) is 3.40. The highest BCUT2D eigenvalue weighted by Crippen LogP contribution is 2.27. The van der Waals surface area contributed by atoms with Gasteiger partial charge in [0.2, 0.25) is 0 Å². The molecule has 3 aromatic rings. The van der Waals surface area contributed by atoms with E-state index in [1.165, 1.54) is 18.2 Å². The number of sulfone groups is 1. The zero-order valence-electron chi connectivity index (χ0n) is 17.8. The summed E-state index contributed by atoms with van der Waals surface area (Å²) in [6.45, 7) is 0. The minimum atomic E-state index is -3.19. The Kier molecular flexibility index (Phi) is 6.25. The van der Waals surface area contributed by atoms with Gasteiger partial charge in [-0.3, -0.25) is 14.9 Å². The number of hydrogen-bond acceptors (Lipinski definition) is 7. The fourth-order valence-electron chi connectivity index (χ4n) is 3.65. The van der Waals surface area contributed by atoms with Gasteiger partial charge in [0.15, 0.2) is 9.84 Å². The first-order valence-electron chi connectivity index (χ1n) is 10.3. The van der Waals surface area contributed by atoms with Crippen LogP contribution in [0.15, 0.2) is 66.4 Å². The maximum atomic E-state index is 12.7. The number of nitro groups is 1. The molecule has 2 aromatic carbocycles. The summed E-state index contributed by atoms with van der Waals surface area (Å²) in [6.07, 6.45) is 3.32. The highest BCUT2D eigenvalue weighted by atomic mass is 32.2. The fraction of sp³-hybridized carbons (Fsp3) is 0.174. The number of rotatable bonds is 6. The number of aromatic nitrogens is 2. The molecule has 1 aromatic heterocycles. The van der Waals surface area contributed by atoms with Gasteiger partial charge in [0, 0.05) is 35.5 Å². The molecule has 172 valence electrons. The van der Waals surface area contributed by atoms with Crippen molar-refractivity contribution in [3.63, 3.8) is 0 Å². The van der Waals surface area contributed by atoms with Gasteiger partial charge in [-0.1, -0.05) is 18.2 Å². The molecule has 11 heteroatoms. The molecule has 0 aliphatic carbocycles. The number of nitrogens with zero attached hydrogens (tertiary/aromatic N) is 4. The van der Waals surface area contributed by atoms with Crippen molar-refractivity contribution in [1.82, 2.24) is 15.1 Å². The van der Waals surface area contributed by atoms with Crippen molar-refractivity contribution in [3.8, 4) is 23.0 Å². The summed E-state index contributed by atoms with van der Waals surface area (Å²) in [5, 5.41) is 27.8. The number of amides is 1. The minimum Gasteiger partial charge on any atom is -0.348 e. The van der Waals surface area contributed by atoms with Crippen LogP contribution >= 0.6 is 0 Å². The Morgan fingerprint density at radius 3 is 2.50 bits per heavy atom. The smallest absolute Gasteiger partial charge is 0.269 e. The zero-order valence-corrected chi connectivity index (χ0v) is 18.6. The normalized spacial score (nSPS) is 17.1. The van der Waals surface area contributed by atoms with E-state index in [0.717, 1.165) is 5.69 Å². The summed E-state index contributed by atoms with van der Waals surface area (Å²) in [5.41, 5.74) is 1.88. The Morgan fingerprint density at radius 1 is 1.21 bits per heavy atom. The summed E-state index contributed by atoms with van der Waals surface area (Å²) in [4.78, 5) is 23.2. The lowest BCUT2D eigenvalue weighted by atomic mass is 10.1. The molecule has 0 radical (unpaired) electrons. The summed E-state index contributed by atoms with van der Waals surface area (Å²) in [5.74, 6) is -0.832. The van der Waals surface area contributed by atoms with E-state index < -0.39 is 26.7 Å². The second kappa shape index (κ2) is 9.29. The molecule has 2 heterocycles. The van der Waals surface area contributed by atoms with Gasteiger partial charge in [-0.15, -0.1) is 0 Å². The molecule has 1 atom stereocenters. The maximum Gasteiger partial charge on any atom is 0.269 e. The SMILES string of the molecule is N#C/C(=C\c1cn(-c2ccccc2)nc1-c1ccc([N+](=O)[O-])cc1)C(=O)N[C@@H]1CCS(=O)(=O)C1. The van der Waals surface area contributed by atoms with Crippen molar-refractivity contribution in [1.29, 1.82) is 5.26 Å². The van der Waals surface area contributed by atoms with Gasteiger partial charge in [-0.2, -0.15) is 10.4 Å². The molecule has 0 spiro atoms. The molecule has 34 heavy (non-hydrogen) atoms. The first-order chi connectivity index (χ1) is 16.3. The molecule has 1 aliphatic rings. The van der Waals surface area contributed by atoms with Crippen molar-refractivity contribution >= 4 is 27.5 Å². The third kappa shape index (κ3) is 5.02. The molecule has 1 saturated heterocycles. The Morgan fingerprint density at radius 2 is 1.91 bits per heavy atom. The molecule has 0 unspecified atom stereocenters. The third-order valence-electron chi connectivity index (χ3n) is 5.35. The van der Waals surface area contributed by atoms with Gasteiger partial charge < -0.3 is 5.32 Å². The number of benzene rings is 2. The van der Waals surface area contributed by atoms with E-state index in [1.807, 2.05) is 36.4 Å². The van der Waals surface area contributed by atoms with Crippen LogP contribution in [-0.2, 0) is 14.6 Å². The van der Waals surface area contributed by atoms with Crippen LogP contribution in [0.2, 0.25) is 0 Å². The van der Waals surface area contributed by atoms with Gasteiger partial charge in [0.1, 0.15) is 17.3 Å². The van der Waals surface area contributed by atoms with Crippen LogP contribution in [0.1, 0.15) is 12.0 Å². The summed E-state index contributed by atoms with van der Waals surface area (Å²) in [6, 6.07) is 16.3. The van der Waals surface area contributed by atoms with E-state index >= 15 is 0 Å². The van der Waals surface area contributed by atoms with Crippen molar-refractivity contribution in [3.05, 3.63) is 82.0 Å². The van der Waals surface area contributed by atoms with Crippen LogP contribution in [0.5, 0.6) is 0 Å². The second-order valence-corrected chi connectivity index (χ2v) is 9.99. The van der Waals surface area contributed by atoms with E-state index in [0.29, 0.717) is 23.2 Å². The highest BCUT2D eigenvalue weighted by Gasteiger charge is 2.29. The van der Waals surface area contributed by atoms with Crippen molar-refractivity contribution < 1.29 is 18.1 Å². The topological polar surface area (TPSA) is 148 Å². The molecular weight excluding hydrogens is 458 g/mol. The number of nitriles is 1. The maximum absolute atomic E-state index is 12.7. The monoisotopic (exact) mass is 477 g/mol. The second-order valence-electron chi connectivity index (χ2n) is 7.76. The van der Waals surface area contributed by atoms with E-state index in [2.05, 4.69) is 10.4 Å². The number of carbonyl (C=O) groups is 1. The number of para-hydroxylation sites is 1. The van der Waals surface area contributed by atoms with Crippen LogP contribution in [0.3, 0.4) is 0 Å². The molecule has 10 nitrogen and oxygen atoms in total. The van der Waals surface area contributed by atoms with E-state index in [9.17, 15) is 28.6 Å². The van der Waals surface area contributed by atoms with Crippen LogP contribution in [0, 0.1) is 21.4 Å². The molecule has 0 saturated carbocycles.